The lowest BCUT2D eigenvalue weighted by atomic mass is 9.99. The zero-order valence-corrected chi connectivity index (χ0v) is 21.5. The van der Waals surface area contributed by atoms with Crippen LogP contribution in [0, 0.1) is 6.92 Å². The number of carbonyl (C=O) groups excluding carboxylic acids is 2. The van der Waals surface area contributed by atoms with Crippen LogP contribution < -0.4 is 15.2 Å². The largest absolute Gasteiger partial charge is 0.485 e. The Bertz CT molecular complexity index is 1180. The van der Waals surface area contributed by atoms with Crippen LogP contribution in [-0.4, -0.2) is 29.3 Å². The number of primary amides is 1. The van der Waals surface area contributed by atoms with E-state index in [1.54, 1.807) is 4.90 Å². The first kappa shape index (κ1) is 26.3. The van der Waals surface area contributed by atoms with E-state index >= 15 is 0 Å². The molecule has 6 nitrogen and oxygen atoms in total. The molecule has 0 spiro atoms. The van der Waals surface area contributed by atoms with E-state index in [0.29, 0.717) is 45.4 Å². The highest BCUT2D eigenvalue weighted by Gasteiger charge is 2.30. The van der Waals surface area contributed by atoms with Crippen LogP contribution in [0.25, 0.3) is 0 Å². The smallest absolute Gasteiger partial charge is 0.240 e. The maximum atomic E-state index is 12.9. The fourth-order valence-corrected chi connectivity index (χ4v) is 4.80. The third-order valence-corrected chi connectivity index (χ3v) is 6.83. The molecule has 1 aliphatic heterocycles. The summed E-state index contributed by atoms with van der Waals surface area (Å²) in [6.07, 6.45) is 4.15. The molecule has 37 heavy (non-hydrogen) atoms. The molecule has 0 radical (unpaired) electrons. The molecule has 0 aromatic heterocycles. The first-order valence-corrected chi connectivity index (χ1v) is 13.1. The van der Waals surface area contributed by atoms with Gasteiger partial charge in [0.1, 0.15) is 19.3 Å². The van der Waals surface area contributed by atoms with Crippen LogP contribution in [0.2, 0.25) is 0 Å². The molecule has 3 aromatic carbocycles. The molecular formula is C31H36N2O4. The van der Waals surface area contributed by atoms with Gasteiger partial charge in [-0.05, 0) is 61.3 Å². The van der Waals surface area contributed by atoms with Crippen molar-refractivity contribution in [2.24, 2.45) is 5.73 Å². The van der Waals surface area contributed by atoms with Crippen molar-refractivity contribution in [3.05, 3.63) is 95.1 Å². The van der Waals surface area contributed by atoms with Gasteiger partial charge in [0.25, 0.3) is 0 Å². The first-order valence-electron chi connectivity index (χ1n) is 13.1. The second-order valence-electron chi connectivity index (χ2n) is 9.60. The minimum atomic E-state index is -0.483. The number of carbonyl (C=O) groups is 2. The van der Waals surface area contributed by atoms with Gasteiger partial charge in [-0.25, -0.2) is 0 Å². The standard InChI is InChI=1S/C31H36N2O4/c1-23-18-19-26(15-10-17-28(34)33-20-9-8-16-27(33)31(32)35)30(37-22-25-13-6-3-7-14-25)29(23)36-21-24-11-4-2-5-12-24/h2-7,11-14,18-19,27H,8-10,15-17,20-22H2,1H3,(H2,32,35). The Morgan fingerprint density at radius 1 is 0.865 bits per heavy atom. The first-order chi connectivity index (χ1) is 18.0. The Balaban J connectivity index is 1.48. The monoisotopic (exact) mass is 500 g/mol. The lowest BCUT2D eigenvalue weighted by Gasteiger charge is -2.33. The molecule has 1 aliphatic rings. The van der Waals surface area contributed by atoms with Gasteiger partial charge in [-0.2, -0.15) is 0 Å². The summed E-state index contributed by atoms with van der Waals surface area (Å²) in [5.41, 5.74) is 9.71. The highest BCUT2D eigenvalue weighted by molar-refractivity contribution is 5.86. The molecule has 1 saturated heterocycles. The molecule has 1 unspecified atom stereocenters. The molecule has 2 amide bonds. The number of hydrogen-bond donors (Lipinski definition) is 1. The summed E-state index contributed by atoms with van der Waals surface area (Å²) >= 11 is 0. The number of ether oxygens (including phenoxy) is 2. The SMILES string of the molecule is Cc1ccc(CCCC(=O)N2CCCCC2C(N)=O)c(OCc2ccccc2)c1OCc1ccccc1. The predicted molar refractivity (Wildman–Crippen MR) is 144 cm³/mol. The molecule has 6 heteroatoms. The fourth-order valence-electron chi connectivity index (χ4n) is 4.80. The van der Waals surface area contributed by atoms with Crippen molar-refractivity contribution in [1.29, 1.82) is 0 Å². The number of nitrogens with zero attached hydrogens (tertiary/aromatic N) is 1. The molecule has 4 rings (SSSR count). The second kappa shape index (κ2) is 12.9. The van der Waals surface area contributed by atoms with Gasteiger partial charge in [-0.1, -0.05) is 72.8 Å². The van der Waals surface area contributed by atoms with Gasteiger partial charge >= 0.3 is 0 Å². The van der Waals surface area contributed by atoms with Crippen LogP contribution in [-0.2, 0) is 29.2 Å². The van der Waals surface area contributed by atoms with Gasteiger partial charge in [0.2, 0.25) is 11.8 Å². The van der Waals surface area contributed by atoms with Crippen molar-refractivity contribution in [3.8, 4) is 11.5 Å². The Labute approximate surface area is 219 Å². The molecule has 0 bridgehead atoms. The van der Waals surface area contributed by atoms with Crippen LogP contribution in [0.15, 0.2) is 72.8 Å². The molecule has 1 fully saturated rings. The number of aryl methyl sites for hydroxylation is 2. The number of amides is 2. The molecule has 0 saturated carbocycles. The van der Waals surface area contributed by atoms with Crippen LogP contribution >= 0.6 is 0 Å². The van der Waals surface area contributed by atoms with Crippen molar-refractivity contribution < 1.29 is 19.1 Å². The highest BCUT2D eigenvalue weighted by atomic mass is 16.5. The lowest BCUT2D eigenvalue weighted by Crippen LogP contribution is -2.50. The maximum absolute atomic E-state index is 12.9. The van der Waals surface area contributed by atoms with Crippen molar-refractivity contribution in [3.63, 3.8) is 0 Å². The van der Waals surface area contributed by atoms with Crippen molar-refractivity contribution in [2.45, 2.75) is 64.7 Å². The number of piperidine rings is 1. The normalized spacial score (nSPS) is 15.3. The quantitative estimate of drug-likeness (QED) is 0.385. The van der Waals surface area contributed by atoms with E-state index in [9.17, 15) is 9.59 Å². The molecule has 1 atom stereocenters. The van der Waals surface area contributed by atoms with Crippen LogP contribution in [0.5, 0.6) is 11.5 Å². The average Bonchev–Trinajstić information content (AvgIpc) is 2.93. The minimum Gasteiger partial charge on any atom is -0.485 e. The average molecular weight is 501 g/mol. The molecule has 1 heterocycles. The number of benzene rings is 3. The van der Waals surface area contributed by atoms with E-state index in [1.807, 2.05) is 73.7 Å². The van der Waals surface area contributed by atoms with E-state index in [0.717, 1.165) is 46.6 Å². The minimum absolute atomic E-state index is 0.0112. The third kappa shape index (κ3) is 7.13. The summed E-state index contributed by atoms with van der Waals surface area (Å²) in [5, 5.41) is 0. The van der Waals surface area contributed by atoms with Crippen molar-refractivity contribution in [2.75, 3.05) is 6.54 Å². The number of hydrogen-bond acceptors (Lipinski definition) is 4. The van der Waals surface area contributed by atoms with Crippen molar-refractivity contribution >= 4 is 11.8 Å². The zero-order valence-electron chi connectivity index (χ0n) is 21.5. The van der Waals surface area contributed by atoms with Gasteiger partial charge in [0.05, 0.1) is 0 Å². The van der Waals surface area contributed by atoms with E-state index in [2.05, 4.69) is 6.07 Å². The summed E-state index contributed by atoms with van der Waals surface area (Å²) < 4.78 is 12.7. The molecule has 2 N–H and O–H groups in total. The van der Waals surface area contributed by atoms with Crippen LogP contribution in [0.3, 0.4) is 0 Å². The number of rotatable bonds is 11. The Morgan fingerprint density at radius 2 is 1.49 bits per heavy atom. The fraction of sp³-hybridized carbons (Fsp3) is 0.355. The second-order valence-corrected chi connectivity index (χ2v) is 9.60. The van der Waals surface area contributed by atoms with E-state index in [1.165, 1.54) is 0 Å². The maximum Gasteiger partial charge on any atom is 0.240 e. The predicted octanol–water partition coefficient (Wildman–Crippen LogP) is 5.34. The Hall–Kier alpha value is -3.80. The van der Waals surface area contributed by atoms with Crippen molar-refractivity contribution in [1.82, 2.24) is 4.90 Å². The third-order valence-electron chi connectivity index (χ3n) is 6.83. The summed E-state index contributed by atoms with van der Waals surface area (Å²) in [4.78, 5) is 26.4. The van der Waals surface area contributed by atoms with Gasteiger partial charge in [0, 0.05) is 13.0 Å². The summed E-state index contributed by atoms with van der Waals surface area (Å²) in [7, 11) is 0. The van der Waals surface area contributed by atoms with Crippen LogP contribution in [0.4, 0.5) is 0 Å². The molecule has 194 valence electrons. The van der Waals surface area contributed by atoms with E-state index < -0.39 is 11.9 Å². The highest BCUT2D eigenvalue weighted by Crippen LogP contribution is 2.37. The number of nitrogens with two attached hydrogens (primary N) is 1. The number of likely N-dealkylation sites (tertiary alicyclic amines) is 1. The zero-order chi connectivity index (χ0) is 26.0. The van der Waals surface area contributed by atoms with E-state index in [-0.39, 0.29) is 5.91 Å². The van der Waals surface area contributed by atoms with Gasteiger partial charge in [-0.15, -0.1) is 0 Å². The molecular weight excluding hydrogens is 464 g/mol. The summed E-state index contributed by atoms with van der Waals surface area (Å²) in [6, 6.07) is 23.7. The Kier molecular flexibility index (Phi) is 9.19. The summed E-state index contributed by atoms with van der Waals surface area (Å²) in [6.45, 7) is 3.48. The Morgan fingerprint density at radius 3 is 2.11 bits per heavy atom. The molecule has 0 aliphatic carbocycles. The van der Waals surface area contributed by atoms with E-state index in [4.69, 9.17) is 15.2 Å². The van der Waals surface area contributed by atoms with Gasteiger partial charge in [0.15, 0.2) is 11.5 Å². The van der Waals surface area contributed by atoms with Gasteiger partial charge in [-0.3, -0.25) is 9.59 Å². The lowest BCUT2D eigenvalue weighted by molar-refractivity contribution is -0.141. The van der Waals surface area contributed by atoms with Gasteiger partial charge < -0.3 is 20.1 Å². The topological polar surface area (TPSA) is 81.9 Å². The molecule has 3 aromatic rings. The van der Waals surface area contributed by atoms with Crippen LogP contribution in [0.1, 0.15) is 54.4 Å². The summed E-state index contributed by atoms with van der Waals surface area (Å²) in [5.74, 6) is 1.03.